The normalized spacial score (nSPS) is 12.0. The van der Waals surface area contributed by atoms with Crippen molar-refractivity contribution in [2.45, 2.75) is 0 Å². The van der Waals surface area contributed by atoms with Gasteiger partial charge in [-0.15, -0.1) is 0 Å². The van der Waals surface area contributed by atoms with E-state index in [1.54, 1.807) is 0 Å². The number of hydrogen-bond acceptors (Lipinski definition) is 0. The van der Waals surface area contributed by atoms with Crippen molar-refractivity contribution in [2.24, 2.45) is 0 Å². The van der Waals surface area contributed by atoms with Gasteiger partial charge in [-0.1, -0.05) is 66.7 Å². The van der Waals surface area contributed by atoms with Crippen molar-refractivity contribution in [1.29, 1.82) is 0 Å². The van der Waals surface area contributed by atoms with Crippen LogP contribution in [0.3, 0.4) is 0 Å². The van der Waals surface area contributed by atoms with Gasteiger partial charge >= 0.3 is 0 Å². The Morgan fingerprint density at radius 3 is 2.17 bits per heavy atom. The molecule has 2 heterocycles. The highest BCUT2D eigenvalue weighted by molar-refractivity contribution is 6.24. The van der Waals surface area contributed by atoms with Crippen molar-refractivity contribution in [3.63, 3.8) is 0 Å². The zero-order valence-electron chi connectivity index (χ0n) is 16.3. The third-order valence-electron chi connectivity index (χ3n) is 6.29. The first kappa shape index (κ1) is 15.8. The molecule has 0 amide bonds. The summed E-state index contributed by atoms with van der Waals surface area (Å²) < 4.78 is 2.40. The van der Waals surface area contributed by atoms with Crippen molar-refractivity contribution >= 4 is 54.4 Å². The number of H-pyrrole nitrogens is 1. The lowest BCUT2D eigenvalue weighted by Crippen LogP contribution is -1.93. The molecule has 7 aromatic rings. The van der Waals surface area contributed by atoms with Crippen molar-refractivity contribution in [3.8, 4) is 5.69 Å². The predicted molar refractivity (Wildman–Crippen MR) is 128 cm³/mol. The van der Waals surface area contributed by atoms with E-state index in [0.717, 1.165) is 0 Å². The number of rotatable bonds is 1. The Morgan fingerprint density at radius 1 is 0.500 bits per heavy atom. The summed E-state index contributed by atoms with van der Waals surface area (Å²) in [6.45, 7) is 0. The fourth-order valence-corrected chi connectivity index (χ4v) is 4.99. The van der Waals surface area contributed by atoms with E-state index in [1.807, 2.05) is 0 Å². The monoisotopic (exact) mass is 382 g/mol. The van der Waals surface area contributed by atoms with Crippen LogP contribution in [-0.4, -0.2) is 9.55 Å². The molecule has 30 heavy (non-hydrogen) atoms. The minimum Gasteiger partial charge on any atom is -0.354 e. The maximum Gasteiger partial charge on any atom is 0.0549 e. The Labute approximate surface area is 173 Å². The average molecular weight is 382 g/mol. The molecule has 0 fully saturated rings. The van der Waals surface area contributed by atoms with Crippen LogP contribution < -0.4 is 0 Å². The van der Waals surface area contributed by atoms with E-state index in [-0.39, 0.29) is 0 Å². The van der Waals surface area contributed by atoms with Crippen LogP contribution in [0, 0.1) is 0 Å². The van der Waals surface area contributed by atoms with E-state index in [9.17, 15) is 0 Å². The van der Waals surface area contributed by atoms with Gasteiger partial charge in [0.25, 0.3) is 0 Å². The Balaban J connectivity index is 1.77. The van der Waals surface area contributed by atoms with Crippen LogP contribution in [0.2, 0.25) is 0 Å². The molecule has 0 unspecified atom stereocenters. The largest absolute Gasteiger partial charge is 0.354 e. The highest BCUT2D eigenvalue weighted by Gasteiger charge is 2.16. The van der Waals surface area contributed by atoms with Crippen LogP contribution >= 0.6 is 0 Å². The number of aromatic nitrogens is 2. The molecule has 5 aromatic carbocycles. The zero-order chi connectivity index (χ0) is 19.7. The number of aromatic amines is 1. The molecule has 0 spiro atoms. The fraction of sp³-hybridized carbons (Fsp3) is 0. The molecule has 0 saturated heterocycles. The maximum absolute atomic E-state index is 3.62. The van der Waals surface area contributed by atoms with Crippen molar-refractivity contribution in [3.05, 3.63) is 103 Å². The van der Waals surface area contributed by atoms with Crippen molar-refractivity contribution in [1.82, 2.24) is 9.55 Å². The molecule has 7 rings (SSSR count). The fourth-order valence-electron chi connectivity index (χ4n) is 4.99. The second-order valence-corrected chi connectivity index (χ2v) is 7.94. The lowest BCUT2D eigenvalue weighted by molar-refractivity contribution is 1.18. The number of benzene rings is 5. The predicted octanol–water partition coefficient (Wildman–Crippen LogP) is 7.57. The number of nitrogens with one attached hydrogen (secondary N) is 1. The molecule has 1 N–H and O–H groups in total. The van der Waals surface area contributed by atoms with Gasteiger partial charge in [-0.05, 0) is 47.2 Å². The van der Waals surface area contributed by atoms with Crippen molar-refractivity contribution in [2.75, 3.05) is 0 Å². The molecule has 2 nitrogen and oxygen atoms in total. The lowest BCUT2D eigenvalue weighted by atomic mass is 10.0. The first-order valence-corrected chi connectivity index (χ1v) is 10.3. The van der Waals surface area contributed by atoms with E-state index in [0.29, 0.717) is 0 Å². The summed E-state index contributed by atoms with van der Waals surface area (Å²) in [6.07, 6.45) is 0. The topological polar surface area (TPSA) is 20.7 Å². The van der Waals surface area contributed by atoms with Crippen LogP contribution in [0.4, 0.5) is 0 Å². The summed E-state index contributed by atoms with van der Waals surface area (Å²) in [5.41, 5.74) is 6.04. The van der Waals surface area contributed by atoms with Crippen LogP contribution in [0.25, 0.3) is 60.1 Å². The van der Waals surface area contributed by atoms with Crippen LogP contribution in [0.5, 0.6) is 0 Å². The van der Waals surface area contributed by atoms with Crippen LogP contribution in [-0.2, 0) is 0 Å². The molecule has 0 aliphatic rings. The highest BCUT2D eigenvalue weighted by Crippen LogP contribution is 2.39. The highest BCUT2D eigenvalue weighted by atomic mass is 15.0. The van der Waals surface area contributed by atoms with E-state index < -0.39 is 0 Å². The molecular formula is C28H18N2. The van der Waals surface area contributed by atoms with Gasteiger partial charge in [0.2, 0.25) is 0 Å². The van der Waals surface area contributed by atoms with E-state index in [2.05, 4.69) is 113 Å². The van der Waals surface area contributed by atoms with E-state index in [4.69, 9.17) is 0 Å². The second kappa shape index (κ2) is 5.74. The maximum atomic E-state index is 3.62. The van der Waals surface area contributed by atoms with Gasteiger partial charge in [0, 0.05) is 38.3 Å². The summed E-state index contributed by atoms with van der Waals surface area (Å²) in [7, 11) is 0. The lowest BCUT2D eigenvalue weighted by Gasteiger charge is -2.08. The molecule has 2 heteroatoms. The Kier molecular flexibility index (Phi) is 3.03. The number of para-hydroxylation sites is 2. The molecular weight excluding hydrogens is 364 g/mol. The van der Waals surface area contributed by atoms with Crippen LogP contribution in [0.15, 0.2) is 103 Å². The Bertz CT molecular complexity index is 1730. The Hall–Kier alpha value is -4.04. The smallest absolute Gasteiger partial charge is 0.0549 e. The van der Waals surface area contributed by atoms with E-state index in [1.165, 1.54) is 60.1 Å². The Morgan fingerprint density at radius 2 is 1.27 bits per heavy atom. The summed E-state index contributed by atoms with van der Waals surface area (Å²) in [5.74, 6) is 0. The summed E-state index contributed by atoms with van der Waals surface area (Å²) >= 11 is 0. The molecule has 0 radical (unpaired) electrons. The number of hydrogen-bond donors (Lipinski definition) is 1. The molecule has 0 bridgehead atoms. The van der Waals surface area contributed by atoms with E-state index >= 15 is 0 Å². The van der Waals surface area contributed by atoms with Gasteiger partial charge in [-0.3, -0.25) is 0 Å². The first-order valence-electron chi connectivity index (χ1n) is 10.3. The van der Waals surface area contributed by atoms with Gasteiger partial charge < -0.3 is 9.55 Å². The molecule has 0 atom stereocenters. The van der Waals surface area contributed by atoms with Gasteiger partial charge in [0.15, 0.2) is 0 Å². The van der Waals surface area contributed by atoms with Gasteiger partial charge in [0.05, 0.1) is 11.0 Å². The third-order valence-corrected chi connectivity index (χ3v) is 6.29. The standard InChI is InChI=1S/C28H18N2/c1-2-9-19(10-3-1)30-26-15-14-18-8-4-5-11-20(18)28(26)23-16-25-22(17-27(23)30)21-12-6-7-13-24(21)29-25/h1-17,29H. The van der Waals surface area contributed by atoms with Gasteiger partial charge in [-0.25, -0.2) is 0 Å². The van der Waals surface area contributed by atoms with Gasteiger partial charge in [0.1, 0.15) is 0 Å². The first-order chi connectivity index (χ1) is 14.9. The molecule has 0 saturated carbocycles. The molecule has 0 aliphatic heterocycles. The zero-order valence-corrected chi connectivity index (χ0v) is 16.3. The summed E-state index contributed by atoms with van der Waals surface area (Å²) in [6, 6.07) is 37.1. The minimum atomic E-state index is 1.18. The van der Waals surface area contributed by atoms with Crippen LogP contribution in [0.1, 0.15) is 0 Å². The number of fused-ring (bicyclic) bond motifs is 8. The van der Waals surface area contributed by atoms with Gasteiger partial charge in [-0.2, -0.15) is 0 Å². The summed E-state index contributed by atoms with van der Waals surface area (Å²) in [5, 5.41) is 7.70. The quantitative estimate of drug-likeness (QED) is 0.302. The second-order valence-electron chi connectivity index (χ2n) is 7.94. The molecule has 2 aromatic heterocycles. The van der Waals surface area contributed by atoms with Crippen molar-refractivity contribution < 1.29 is 0 Å². The molecule has 0 aliphatic carbocycles. The summed E-state index contributed by atoms with van der Waals surface area (Å²) in [4.78, 5) is 3.62. The number of nitrogens with zero attached hydrogens (tertiary/aromatic N) is 1. The third kappa shape index (κ3) is 2.03. The minimum absolute atomic E-state index is 1.18. The molecule has 140 valence electrons. The SMILES string of the molecule is c1ccc(-n2c3cc4c(cc3c3c5ccccc5ccc32)[nH]c2ccccc24)cc1. The average Bonchev–Trinajstić information content (AvgIpc) is 3.33.